The third-order valence-corrected chi connectivity index (χ3v) is 6.30. The van der Waals surface area contributed by atoms with Crippen LogP contribution in [0.5, 0.6) is 5.75 Å². The first kappa shape index (κ1) is 27.0. The van der Waals surface area contributed by atoms with Gasteiger partial charge in [0, 0.05) is 50.6 Å². The van der Waals surface area contributed by atoms with Gasteiger partial charge in [0.05, 0.1) is 26.4 Å². The fraction of sp³-hybridized carbons (Fsp3) is 0.481. The molecule has 0 N–H and O–H groups in total. The summed E-state index contributed by atoms with van der Waals surface area (Å²) in [7, 11) is 1.65. The summed E-state index contributed by atoms with van der Waals surface area (Å²) < 4.78 is 16.6. The number of hydrogen-bond acceptors (Lipinski definition) is 6. The van der Waals surface area contributed by atoms with Gasteiger partial charge in [-0.2, -0.15) is 0 Å². The Morgan fingerprint density at radius 3 is 2.46 bits per heavy atom. The molecule has 1 amide bonds. The Labute approximate surface area is 212 Å². The van der Waals surface area contributed by atoms with E-state index in [1.807, 2.05) is 53.4 Å². The van der Waals surface area contributed by atoms with Crippen molar-refractivity contribution in [3.8, 4) is 5.75 Å². The maximum absolute atomic E-state index is 12.5. The average Bonchev–Trinajstić information content (AvgIpc) is 2.87. The van der Waals surface area contributed by atoms with Crippen LogP contribution in [-0.2, 0) is 25.7 Å². The lowest BCUT2D eigenvalue weighted by Crippen LogP contribution is -2.49. The van der Waals surface area contributed by atoms with Crippen LogP contribution in [0.1, 0.15) is 43.4 Å². The second-order valence-electron chi connectivity index (χ2n) is 8.54. The summed E-state index contributed by atoms with van der Waals surface area (Å²) in [5.74, 6) is 0.655. The Morgan fingerprint density at radius 1 is 1.03 bits per heavy atom. The molecule has 2 aromatic carbocycles. The molecule has 35 heavy (non-hydrogen) atoms. The van der Waals surface area contributed by atoms with Gasteiger partial charge in [-0.3, -0.25) is 14.5 Å². The smallest absolute Gasteiger partial charge is 0.305 e. The van der Waals surface area contributed by atoms with Crippen LogP contribution < -0.4 is 4.74 Å². The van der Waals surface area contributed by atoms with Crippen molar-refractivity contribution in [2.45, 2.75) is 38.9 Å². The molecule has 0 aromatic heterocycles. The SMILES string of the molecule is CCOC(=O)CCCC(=O)N1CCN(C[C@H](OCc2cccc(OC)c2)c2ccc(Cl)cc2)CC1. The maximum atomic E-state index is 12.5. The van der Waals surface area contributed by atoms with E-state index in [-0.39, 0.29) is 24.4 Å². The molecule has 7 nitrogen and oxygen atoms in total. The monoisotopic (exact) mass is 502 g/mol. The zero-order chi connectivity index (χ0) is 25.0. The molecule has 0 unspecified atom stereocenters. The quantitative estimate of drug-likeness (QED) is 0.398. The van der Waals surface area contributed by atoms with Crippen LogP contribution in [0.4, 0.5) is 0 Å². The lowest BCUT2D eigenvalue weighted by Gasteiger charge is -2.36. The van der Waals surface area contributed by atoms with Crippen LogP contribution in [0, 0.1) is 0 Å². The van der Waals surface area contributed by atoms with Crippen molar-refractivity contribution >= 4 is 23.5 Å². The number of piperazine rings is 1. The molecular formula is C27H35ClN2O5. The van der Waals surface area contributed by atoms with Gasteiger partial charge in [-0.1, -0.05) is 35.9 Å². The summed E-state index contributed by atoms with van der Waals surface area (Å²) >= 11 is 6.10. The number of carbonyl (C=O) groups is 2. The van der Waals surface area contributed by atoms with Gasteiger partial charge in [0.2, 0.25) is 5.91 Å². The van der Waals surface area contributed by atoms with Gasteiger partial charge in [-0.05, 0) is 48.7 Å². The van der Waals surface area contributed by atoms with Crippen molar-refractivity contribution in [1.29, 1.82) is 0 Å². The van der Waals surface area contributed by atoms with Gasteiger partial charge in [0.15, 0.2) is 0 Å². The predicted octanol–water partition coefficient (Wildman–Crippen LogP) is 4.48. The molecule has 3 rings (SSSR count). The van der Waals surface area contributed by atoms with E-state index in [1.54, 1.807) is 14.0 Å². The summed E-state index contributed by atoms with van der Waals surface area (Å²) in [6.45, 7) is 6.22. The minimum absolute atomic E-state index is 0.0949. The second-order valence-corrected chi connectivity index (χ2v) is 8.98. The Morgan fingerprint density at radius 2 is 1.77 bits per heavy atom. The highest BCUT2D eigenvalue weighted by Crippen LogP contribution is 2.24. The largest absolute Gasteiger partial charge is 0.497 e. The number of rotatable bonds is 12. The van der Waals surface area contributed by atoms with E-state index in [4.69, 9.17) is 25.8 Å². The predicted molar refractivity (Wildman–Crippen MR) is 135 cm³/mol. The maximum Gasteiger partial charge on any atom is 0.305 e. The third-order valence-electron chi connectivity index (χ3n) is 6.05. The van der Waals surface area contributed by atoms with E-state index in [9.17, 15) is 9.59 Å². The van der Waals surface area contributed by atoms with Gasteiger partial charge < -0.3 is 19.1 Å². The van der Waals surface area contributed by atoms with E-state index in [1.165, 1.54) is 0 Å². The number of esters is 1. The fourth-order valence-electron chi connectivity index (χ4n) is 4.08. The number of methoxy groups -OCH3 is 1. The highest BCUT2D eigenvalue weighted by atomic mass is 35.5. The Kier molecular flexibility index (Phi) is 10.8. The van der Waals surface area contributed by atoms with Crippen LogP contribution in [-0.4, -0.2) is 68.1 Å². The van der Waals surface area contributed by atoms with Crippen LogP contribution in [0.25, 0.3) is 0 Å². The number of carbonyl (C=O) groups excluding carboxylic acids is 2. The molecule has 0 radical (unpaired) electrons. The molecule has 1 saturated heterocycles. The van der Waals surface area contributed by atoms with Gasteiger partial charge in [0.25, 0.3) is 0 Å². The van der Waals surface area contributed by atoms with Crippen molar-refractivity contribution in [2.24, 2.45) is 0 Å². The topological polar surface area (TPSA) is 68.3 Å². The highest BCUT2D eigenvalue weighted by Gasteiger charge is 2.24. The van der Waals surface area contributed by atoms with Crippen LogP contribution in [0.15, 0.2) is 48.5 Å². The molecule has 1 aliphatic rings. The van der Waals surface area contributed by atoms with E-state index in [0.717, 1.165) is 36.5 Å². The molecule has 1 aliphatic heterocycles. The van der Waals surface area contributed by atoms with Crippen molar-refractivity contribution < 1.29 is 23.8 Å². The number of hydrogen-bond donors (Lipinski definition) is 0. The minimum Gasteiger partial charge on any atom is -0.497 e. The second kappa shape index (κ2) is 14.1. The summed E-state index contributed by atoms with van der Waals surface area (Å²) in [5, 5.41) is 0.690. The van der Waals surface area contributed by atoms with E-state index < -0.39 is 0 Å². The number of halogens is 1. The van der Waals surface area contributed by atoms with Crippen molar-refractivity contribution in [3.05, 3.63) is 64.7 Å². The summed E-state index contributed by atoms with van der Waals surface area (Å²) in [4.78, 5) is 28.2. The van der Waals surface area contributed by atoms with Crippen molar-refractivity contribution in [3.63, 3.8) is 0 Å². The molecule has 2 aromatic rings. The first-order valence-electron chi connectivity index (χ1n) is 12.1. The number of amides is 1. The number of benzene rings is 2. The normalized spacial score (nSPS) is 15.0. The lowest BCUT2D eigenvalue weighted by atomic mass is 10.1. The molecule has 1 atom stereocenters. The zero-order valence-electron chi connectivity index (χ0n) is 20.6. The Balaban J connectivity index is 1.52. The molecule has 8 heteroatoms. The van der Waals surface area contributed by atoms with Crippen molar-refractivity contribution in [2.75, 3.05) is 46.4 Å². The number of nitrogens with zero attached hydrogens (tertiary/aromatic N) is 2. The molecular weight excluding hydrogens is 468 g/mol. The summed E-state index contributed by atoms with van der Waals surface area (Å²) in [5.41, 5.74) is 2.11. The van der Waals surface area contributed by atoms with E-state index in [2.05, 4.69) is 4.90 Å². The molecule has 0 aliphatic carbocycles. The summed E-state index contributed by atoms with van der Waals surface area (Å²) in [6.07, 6.45) is 1.04. The van der Waals surface area contributed by atoms with Crippen LogP contribution in [0.3, 0.4) is 0 Å². The Bertz CT molecular complexity index is 945. The van der Waals surface area contributed by atoms with Gasteiger partial charge in [-0.25, -0.2) is 0 Å². The first-order chi connectivity index (χ1) is 17.0. The third kappa shape index (κ3) is 8.84. The van der Waals surface area contributed by atoms with E-state index in [0.29, 0.717) is 44.2 Å². The molecule has 1 fully saturated rings. The molecule has 0 bridgehead atoms. The van der Waals surface area contributed by atoms with Gasteiger partial charge in [-0.15, -0.1) is 0 Å². The van der Waals surface area contributed by atoms with Crippen LogP contribution in [0.2, 0.25) is 5.02 Å². The Hall–Kier alpha value is -2.61. The summed E-state index contributed by atoms with van der Waals surface area (Å²) in [6, 6.07) is 15.6. The van der Waals surface area contributed by atoms with Gasteiger partial charge in [0.1, 0.15) is 5.75 Å². The molecule has 0 spiro atoms. The molecule has 190 valence electrons. The highest BCUT2D eigenvalue weighted by molar-refractivity contribution is 6.30. The van der Waals surface area contributed by atoms with Gasteiger partial charge >= 0.3 is 5.97 Å². The van der Waals surface area contributed by atoms with E-state index >= 15 is 0 Å². The first-order valence-corrected chi connectivity index (χ1v) is 12.5. The average molecular weight is 503 g/mol. The van der Waals surface area contributed by atoms with Crippen LogP contribution >= 0.6 is 11.6 Å². The molecule has 0 saturated carbocycles. The van der Waals surface area contributed by atoms with Crippen molar-refractivity contribution in [1.82, 2.24) is 9.80 Å². The lowest BCUT2D eigenvalue weighted by molar-refractivity contribution is -0.143. The standard InChI is InChI=1S/C27H35ClN2O5/c1-3-34-27(32)9-5-8-26(31)30-16-14-29(15-17-30)19-25(22-10-12-23(28)13-11-22)35-20-21-6-4-7-24(18-21)33-2/h4,6-7,10-13,18,25H,3,5,8-9,14-17,19-20H2,1-2H3/t25-/m0/s1. The number of ether oxygens (including phenoxy) is 3. The molecule has 1 heterocycles. The fourth-order valence-corrected chi connectivity index (χ4v) is 4.21. The minimum atomic E-state index is -0.243. The zero-order valence-corrected chi connectivity index (χ0v) is 21.3.